The van der Waals surface area contributed by atoms with Crippen LogP contribution in [0.5, 0.6) is 0 Å². The van der Waals surface area contributed by atoms with Gasteiger partial charge < -0.3 is 5.32 Å². The molecule has 3 nitrogen and oxygen atoms in total. The highest BCUT2D eigenvalue weighted by molar-refractivity contribution is 7.90. The summed E-state index contributed by atoms with van der Waals surface area (Å²) in [6.07, 6.45) is 1.21. The van der Waals surface area contributed by atoms with Crippen LogP contribution in [0.1, 0.15) is 0 Å². The predicted octanol–water partition coefficient (Wildman–Crippen LogP) is 2.80. The molecular formula is C14H15NO2S. The Morgan fingerprint density at radius 1 is 0.833 bits per heavy atom. The number of sulfone groups is 1. The first-order valence-electron chi connectivity index (χ1n) is 5.59. The molecule has 0 aromatic heterocycles. The maximum absolute atomic E-state index is 11.4. The lowest BCUT2D eigenvalue weighted by Gasteiger charge is -2.05. The summed E-state index contributed by atoms with van der Waals surface area (Å²) in [5, 5.41) is 3.06. The van der Waals surface area contributed by atoms with Gasteiger partial charge in [-0.2, -0.15) is 0 Å². The molecule has 0 aliphatic rings. The Labute approximate surface area is 107 Å². The highest BCUT2D eigenvalue weighted by Crippen LogP contribution is 2.22. The highest BCUT2D eigenvalue weighted by atomic mass is 32.2. The van der Waals surface area contributed by atoms with E-state index in [2.05, 4.69) is 5.32 Å². The second kappa shape index (κ2) is 4.82. The van der Waals surface area contributed by atoms with Crippen molar-refractivity contribution in [1.82, 2.24) is 0 Å². The van der Waals surface area contributed by atoms with Crippen molar-refractivity contribution in [3.63, 3.8) is 0 Å². The van der Waals surface area contributed by atoms with Gasteiger partial charge in [-0.15, -0.1) is 0 Å². The quantitative estimate of drug-likeness (QED) is 0.924. The van der Waals surface area contributed by atoms with Gasteiger partial charge in [0.05, 0.1) is 4.90 Å². The molecule has 0 unspecified atom stereocenters. The second-order valence-corrected chi connectivity index (χ2v) is 6.14. The first kappa shape index (κ1) is 12.6. The summed E-state index contributed by atoms with van der Waals surface area (Å²) >= 11 is 0. The van der Waals surface area contributed by atoms with Crippen molar-refractivity contribution in [3.8, 4) is 11.1 Å². The fraction of sp³-hybridized carbons (Fsp3) is 0.143. The van der Waals surface area contributed by atoms with Gasteiger partial charge in [-0.3, -0.25) is 0 Å². The van der Waals surface area contributed by atoms with Crippen LogP contribution < -0.4 is 5.32 Å². The summed E-state index contributed by atoms with van der Waals surface area (Å²) in [7, 11) is -1.25. The average Bonchev–Trinajstić information content (AvgIpc) is 2.38. The van der Waals surface area contributed by atoms with E-state index >= 15 is 0 Å². The molecule has 0 saturated carbocycles. The fourth-order valence-corrected chi connectivity index (χ4v) is 2.35. The Balaban J connectivity index is 2.34. The summed E-state index contributed by atoms with van der Waals surface area (Å²) < 4.78 is 22.7. The van der Waals surface area contributed by atoms with Crippen molar-refractivity contribution < 1.29 is 8.42 Å². The van der Waals surface area contributed by atoms with E-state index in [4.69, 9.17) is 0 Å². The molecule has 0 radical (unpaired) electrons. The molecule has 0 aliphatic heterocycles. The highest BCUT2D eigenvalue weighted by Gasteiger charge is 2.06. The average molecular weight is 261 g/mol. The van der Waals surface area contributed by atoms with Gasteiger partial charge >= 0.3 is 0 Å². The van der Waals surface area contributed by atoms with E-state index in [0.717, 1.165) is 16.8 Å². The summed E-state index contributed by atoms with van der Waals surface area (Å²) in [5.41, 5.74) is 3.12. The topological polar surface area (TPSA) is 46.2 Å². The van der Waals surface area contributed by atoms with Crippen LogP contribution in [0.4, 0.5) is 5.69 Å². The standard InChI is InChI=1S/C14H15NO2S/c1-15-13-7-3-11(4-8-13)12-5-9-14(10-6-12)18(2,16)17/h3-10,15H,1-2H3. The third kappa shape index (κ3) is 2.71. The first-order valence-corrected chi connectivity index (χ1v) is 7.48. The predicted molar refractivity (Wildman–Crippen MR) is 74.5 cm³/mol. The minimum Gasteiger partial charge on any atom is -0.388 e. The molecule has 0 atom stereocenters. The van der Waals surface area contributed by atoms with Gasteiger partial charge in [-0.25, -0.2) is 8.42 Å². The lowest BCUT2D eigenvalue weighted by Crippen LogP contribution is -1.96. The molecule has 0 amide bonds. The summed E-state index contributed by atoms with van der Waals surface area (Å²) in [5.74, 6) is 0. The van der Waals surface area contributed by atoms with Crippen LogP contribution >= 0.6 is 0 Å². The molecule has 0 spiro atoms. The molecule has 94 valence electrons. The monoisotopic (exact) mass is 261 g/mol. The normalized spacial score (nSPS) is 11.2. The molecule has 0 heterocycles. The Hall–Kier alpha value is -1.81. The number of rotatable bonds is 3. The zero-order chi connectivity index (χ0) is 13.2. The molecular weight excluding hydrogens is 246 g/mol. The number of nitrogens with one attached hydrogen (secondary N) is 1. The zero-order valence-corrected chi connectivity index (χ0v) is 11.2. The van der Waals surface area contributed by atoms with Gasteiger partial charge in [0.1, 0.15) is 0 Å². The molecule has 0 bridgehead atoms. The van der Waals surface area contributed by atoms with Crippen molar-refractivity contribution in [2.24, 2.45) is 0 Å². The van der Waals surface area contributed by atoms with Crippen LogP contribution in [0.25, 0.3) is 11.1 Å². The number of hydrogen-bond donors (Lipinski definition) is 1. The summed E-state index contributed by atoms with van der Waals surface area (Å²) in [6, 6.07) is 14.9. The van der Waals surface area contributed by atoms with E-state index in [9.17, 15) is 8.42 Å². The lowest BCUT2D eigenvalue weighted by molar-refractivity contribution is 0.602. The number of benzene rings is 2. The smallest absolute Gasteiger partial charge is 0.175 e. The molecule has 2 aromatic carbocycles. The van der Waals surface area contributed by atoms with Crippen LogP contribution in [0.3, 0.4) is 0 Å². The van der Waals surface area contributed by atoms with Crippen molar-refractivity contribution in [2.75, 3.05) is 18.6 Å². The maximum Gasteiger partial charge on any atom is 0.175 e. The summed E-state index contributed by atoms with van der Waals surface area (Å²) in [4.78, 5) is 0.345. The van der Waals surface area contributed by atoms with Crippen LogP contribution in [-0.2, 0) is 9.84 Å². The molecule has 0 aliphatic carbocycles. The number of anilines is 1. The third-order valence-corrected chi connectivity index (χ3v) is 3.92. The molecule has 1 N–H and O–H groups in total. The number of hydrogen-bond acceptors (Lipinski definition) is 3. The van der Waals surface area contributed by atoms with Gasteiger partial charge in [0, 0.05) is 19.0 Å². The Morgan fingerprint density at radius 3 is 1.67 bits per heavy atom. The van der Waals surface area contributed by atoms with Crippen molar-refractivity contribution in [3.05, 3.63) is 48.5 Å². The van der Waals surface area contributed by atoms with Gasteiger partial charge in [0.25, 0.3) is 0 Å². The fourth-order valence-electron chi connectivity index (χ4n) is 1.72. The van der Waals surface area contributed by atoms with Crippen molar-refractivity contribution in [1.29, 1.82) is 0 Å². The van der Waals surface area contributed by atoms with Gasteiger partial charge in [-0.1, -0.05) is 24.3 Å². The molecule has 18 heavy (non-hydrogen) atoms. The SMILES string of the molecule is CNc1ccc(-c2ccc(S(C)(=O)=O)cc2)cc1. The van der Waals surface area contributed by atoms with Gasteiger partial charge in [0.2, 0.25) is 0 Å². The third-order valence-electron chi connectivity index (χ3n) is 2.79. The van der Waals surface area contributed by atoms with Gasteiger partial charge in [-0.05, 0) is 35.4 Å². The van der Waals surface area contributed by atoms with Crippen LogP contribution in [0.15, 0.2) is 53.4 Å². The molecule has 2 rings (SSSR count). The van der Waals surface area contributed by atoms with Crippen molar-refractivity contribution in [2.45, 2.75) is 4.90 Å². The largest absolute Gasteiger partial charge is 0.388 e. The molecule has 2 aromatic rings. The molecule has 0 fully saturated rings. The van der Waals surface area contributed by atoms with Crippen LogP contribution in [0, 0.1) is 0 Å². The van der Waals surface area contributed by atoms with E-state index in [1.807, 2.05) is 43.4 Å². The summed E-state index contributed by atoms with van der Waals surface area (Å²) in [6.45, 7) is 0. The zero-order valence-electron chi connectivity index (χ0n) is 10.3. The van der Waals surface area contributed by atoms with Crippen LogP contribution in [-0.4, -0.2) is 21.7 Å². The Kier molecular flexibility index (Phi) is 3.39. The van der Waals surface area contributed by atoms with E-state index < -0.39 is 9.84 Å². The van der Waals surface area contributed by atoms with Crippen LogP contribution in [0.2, 0.25) is 0 Å². The lowest BCUT2D eigenvalue weighted by atomic mass is 10.1. The van der Waals surface area contributed by atoms with Gasteiger partial charge in [0.15, 0.2) is 9.84 Å². The first-order chi connectivity index (χ1) is 8.50. The van der Waals surface area contributed by atoms with E-state index in [1.165, 1.54) is 6.26 Å². The minimum absolute atomic E-state index is 0.345. The Morgan fingerprint density at radius 2 is 1.28 bits per heavy atom. The molecule has 0 saturated heterocycles. The van der Waals surface area contributed by atoms with E-state index in [0.29, 0.717) is 4.90 Å². The van der Waals surface area contributed by atoms with E-state index in [1.54, 1.807) is 12.1 Å². The minimum atomic E-state index is -3.12. The van der Waals surface area contributed by atoms with E-state index in [-0.39, 0.29) is 0 Å². The Bertz CT molecular complexity index is 628. The second-order valence-electron chi connectivity index (χ2n) is 4.12. The molecule has 4 heteroatoms. The maximum atomic E-state index is 11.4. The van der Waals surface area contributed by atoms with Crippen molar-refractivity contribution >= 4 is 15.5 Å².